The fourth-order valence-electron chi connectivity index (χ4n) is 3.84. The van der Waals surface area contributed by atoms with Crippen molar-refractivity contribution in [2.75, 3.05) is 18.4 Å². The summed E-state index contributed by atoms with van der Waals surface area (Å²) in [5.74, 6) is 0. The molecule has 0 aromatic heterocycles. The zero-order chi connectivity index (χ0) is 16.4. The molecule has 1 amide bonds. The third-order valence-corrected chi connectivity index (χ3v) is 4.99. The molecule has 1 fully saturated rings. The Morgan fingerprint density at radius 1 is 1.12 bits per heavy atom. The molecule has 124 valence electrons. The standard InChI is InChI=1S/C20H22N2O2/c23-19(24-14-16-7-2-1-3-8-16)22-12-6-11-20(15-22)13-17-9-4-5-10-18(17)21-20/h1-5,7-10,21H,6,11-15H2. The van der Waals surface area contributed by atoms with Crippen LogP contribution in [-0.2, 0) is 17.8 Å². The van der Waals surface area contributed by atoms with Gasteiger partial charge >= 0.3 is 6.09 Å². The van der Waals surface area contributed by atoms with E-state index in [4.69, 9.17) is 4.74 Å². The number of piperidine rings is 1. The summed E-state index contributed by atoms with van der Waals surface area (Å²) in [5, 5.41) is 3.66. The van der Waals surface area contributed by atoms with Crippen molar-refractivity contribution in [3.63, 3.8) is 0 Å². The molecule has 0 bridgehead atoms. The number of anilines is 1. The van der Waals surface area contributed by atoms with Gasteiger partial charge in [-0.05, 0) is 36.5 Å². The summed E-state index contributed by atoms with van der Waals surface area (Å²) in [5.41, 5.74) is 3.53. The van der Waals surface area contributed by atoms with Crippen LogP contribution in [0, 0.1) is 0 Å². The Morgan fingerprint density at radius 2 is 1.92 bits per heavy atom. The smallest absolute Gasteiger partial charge is 0.410 e. The lowest BCUT2D eigenvalue weighted by molar-refractivity contribution is 0.0772. The van der Waals surface area contributed by atoms with E-state index in [0.29, 0.717) is 13.2 Å². The number of amides is 1. The van der Waals surface area contributed by atoms with Crippen molar-refractivity contribution in [3.8, 4) is 0 Å². The highest BCUT2D eigenvalue weighted by molar-refractivity contribution is 5.69. The Kier molecular flexibility index (Phi) is 3.89. The largest absolute Gasteiger partial charge is 0.445 e. The molecule has 4 heteroatoms. The molecule has 2 heterocycles. The van der Waals surface area contributed by atoms with Gasteiger partial charge in [0.25, 0.3) is 0 Å². The number of rotatable bonds is 2. The van der Waals surface area contributed by atoms with E-state index in [-0.39, 0.29) is 11.6 Å². The lowest BCUT2D eigenvalue weighted by atomic mass is 9.86. The molecule has 2 aromatic rings. The van der Waals surface area contributed by atoms with Gasteiger partial charge in [-0.3, -0.25) is 0 Å². The minimum Gasteiger partial charge on any atom is -0.445 e. The molecule has 2 aliphatic rings. The van der Waals surface area contributed by atoms with Gasteiger partial charge in [0.05, 0.1) is 5.54 Å². The van der Waals surface area contributed by atoms with E-state index < -0.39 is 0 Å². The average Bonchev–Trinajstić information content (AvgIpc) is 2.97. The predicted octanol–water partition coefficient (Wildman–Crippen LogP) is 3.83. The summed E-state index contributed by atoms with van der Waals surface area (Å²) in [7, 11) is 0. The topological polar surface area (TPSA) is 41.6 Å². The number of carbonyl (C=O) groups excluding carboxylic acids is 1. The van der Waals surface area contributed by atoms with Gasteiger partial charge < -0.3 is 15.0 Å². The lowest BCUT2D eigenvalue weighted by Crippen LogP contribution is -2.53. The summed E-state index contributed by atoms with van der Waals surface area (Å²) < 4.78 is 5.51. The van der Waals surface area contributed by atoms with Gasteiger partial charge in [-0.1, -0.05) is 48.5 Å². The highest BCUT2D eigenvalue weighted by atomic mass is 16.6. The van der Waals surface area contributed by atoms with E-state index in [1.54, 1.807) is 0 Å². The second kappa shape index (κ2) is 6.19. The van der Waals surface area contributed by atoms with E-state index in [2.05, 4.69) is 29.6 Å². The molecule has 4 rings (SSSR count). The van der Waals surface area contributed by atoms with Gasteiger partial charge in [-0.25, -0.2) is 4.79 Å². The van der Waals surface area contributed by atoms with Gasteiger partial charge in [0.15, 0.2) is 0 Å². The fraction of sp³-hybridized carbons (Fsp3) is 0.350. The van der Waals surface area contributed by atoms with Crippen molar-refractivity contribution < 1.29 is 9.53 Å². The number of hydrogen-bond acceptors (Lipinski definition) is 3. The molecular weight excluding hydrogens is 300 g/mol. The number of carbonyl (C=O) groups is 1. The number of nitrogens with zero attached hydrogens (tertiary/aromatic N) is 1. The summed E-state index contributed by atoms with van der Waals surface area (Å²) in [6.45, 7) is 1.81. The average molecular weight is 322 g/mol. The van der Waals surface area contributed by atoms with Gasteiger partial charge in [0.2, 0.25) is 0 Å². The first-order chi connectivity index (χ1) is 11.7. The van der Waals surface area contributed by atoms with E-state index in [1.165, 1.54) is 11.3 Å². The fourth-order valence-corrected chi connectivity index (χ4v) is 3.84. The van der Waals surface area contributed by atoms with Crippen LogP contribution in [0.3, 0.4) is 0 Å². The Labute approximate surface area is 142 Å². The minimum absolute atomic E-state index is 0.0340. The molecule has 1 unspecified atom stereocenters. The molecule has 4 nitrogen and oxygen atoms in total. The minimum atomic E-state index is -0.212. The molecule has 0 radical (unpaired) electrons. The van der Waals surface area contributed by atoms with Crippen molar-refractivity contribution in [2.45, 2.75) is 31.4 Å². The Morgan fingerprint density at radius 3 is 2.75 bits per heavy atom. The number of benzene rings is 2. The van der Waals surface area contributed by atoms with Gasteiger partial charge in [-0.2, -0.15) is 0 Å². The molecule has 2 aliphatic heterocycles. The maximum Gasteiger partial charge on any atom is 0.410 e. The number of likely N-dealkylation sites (tertiary alicyclic amines) is 1. The highest BCUT2D eigenvalue weighted by Gasteiger charge is 2.41. The summed E-state index contributed by atoms with van der Waals surface area (Å²) in [4.78, 5) is 14.3. The zero-order valence-electron chi connectivity index (χ0n) is 13.7. The lowest BCUT2D eigenvalue weighted by Gasteiger charge is -2.40. The number of para-hydroxylation sites is 1. The van der Waals surface area contributed by atoms with Crippen LogP contribution in [0.5, 0.6) is 0 Å². The first kappa shape index (κ1) is 15.1. The van der Waals surface area contributed by atoms with Gasteiger partial charge in [0, 0.05) is 18.8 Å². The van der Waals surface area contributed by atoms with E-state index >= 15 is 0 Å². The number of fused-ring (bicyclic) bond motifs is 1. The third-order valence-electron chi connectivity index (χ3n) is 4.99. The Bertz CT molecular complexity index is 704. The van der Waals surface area contributed by atoms with Crippen molar-refractivity contribution in [1.82, 2.24) is 4.90 Å². The third kappa shape index (κ3) is 2.96. The molecule has 0 saturated carbocycles. The molecule has 1 N–H and O–H groups in total. The summed E-state index contributed by atoms with van der Waals surface area (Å²) in [6, 6.07) is 18.2. The van der Waals surface area contributed by atoms with E-state index in [9.17, 15) is 4.79 Å². The van der Waals surface area contributed by atoms with Crippen LogP contribution in [0.25, 0.3) is 0 Å². The van der Waals surface area contributed by atoms with Crippen molar-refractivity contribution >= 4 is 11.8 Å². The van der Waals surface area contributed by atoms with Gasteiger partial charge in [-0.15, -0.1) is 0 Å². The molecule has 24 heavy (non-hydrogen) atoms. The normalized spacial score (nSPS) is 22.1. The van der Waals surface area contributed by atoms with Crippen molar-refractivity contribution in [1.29, 1.82) is 0 Å². The van der Waals surface area contributed by atoms with Crippen LogP contribution in [-0.4, -0.2) is 29.6 Å². The number of ether oxygens (including phenoxy) is 1. The molecule has 1 spiro atoms. The van der Waals surface area contributed by atoms with Crippen LogP contribution in [0.2, 0.25) is 0 Å². The van der Waals surface area contributed by atoms with Crippen LogP contribution in [0.1, 0.15) is 24.0 Å². The molecule has 1 atom stereocenters. The molecule has 0 aliphatic carbocycles. The quantitative estimate of drug-likeness (QED) is 0.914. The number of nitrogens with one attached hydrogen (secondary N) is 1. The van der Waals surface area contributed by atoms with Crippen molar-refractivity contribution in [2.24, 2.45) is 0 Å². The monoisotopic (exact) mass is 322 g/mol. The summed E-state index contributed by atoms with van der Waals surface area (Å²) in [6.07, 6.45) is 2.85. The SMILES string of the molecule is O=C(OCc1ccccc1)N1CCCC2(Cc3ccccc3N2)C1. The highest BCUT2D eigenvalue weighted by Crippen LogP contribution is 2.37. The predicted molar refractivity (Wildman–Crippen MR) is 93.9 cm³/mol. The van der Waals surface area contributed by atoms with Crippen LogP contribution < -0.4 is 5.32 Å². The van der Waals surface area contributed by atoms with Crippen LogP contribution in [0.4, 0.5) is 10.5 Å². The van der Waals surface area contributed by atoms with Crippen LogP contribution >= 0.6 is 0 Å². The zero-order valence-corrected chi connectivity index (χ0v) is 13.7. The Hall–Kier alpha value is -2.49. The maximum atomic E-state index is 12.5. The Balaban J connectivity index is 1.39. The van der Waals surface area contributed by atoms with E-state index in [1.807, 2.05) is 35.2 Å². The summed E-state index contributed by atoms with van der Waals surface area (Å²) >= 11 is 0. The molecule has 2 aromatic carbocycles. The first-order valence-electron chi connectivity index (χ1n) is 8.56. The first-order valence-corrected chi connectivity index (χ1v) is 8.56. The van der Waals surface area contributed by atoms with Crippen LogP contribution in [0.15, 0.2) is 54.6 Å². The van der Waals surface area contributed by atoms with E-state index in [0.717, 1.165) is 31.4 Å². The van der Waals surface area contributed by atoms with Gasteiger partial charge in [0.1, 0.15) is 6.61 Å². The second-order valence-corrected chi connectivity index (χ2v) is 6.80. The number of hydrogen-bond donors (Lipinski definition) is 1. The van der Waals surface area contributed by atoms with Crippen molar-refractivity contribution in [3.05, 3.63) is 65.7 Å². The maximum absolute atomic E-state index is 12.5. The molecular formula is C20H22N2O2. The second-order valence-electron chi connectivity index (χ2n) is 6.80. The molecule has 1 saturated heterocycles.